The molecule has 0 aromatic carbocycles. The molecule has 0 aliphatic carbocycles. The number of halogens is 2. The van der Waals surface area contributed by atoms with Gasteiger partial charge in [0.15, 0.2) is 5.82 Å². The summed E-state index contributed by atoms with van der Waals surface area (Å²) in [6, 6.07) is 1.41. The van der Waals surface area contributed by atoms with Gasteiger partial charge in [0, 0.05) is 19.2 Å². The first-order chi connectivity index (χ1) is 10.5. The highest BCUT2D eigenvalue weighted by Gasteiger charge is 2.26. The van der Waals surface area contributed by atoms with Gasteiger partial charge in [-0.3, -0.25) is 4.79 Å². The summed E-state index contributed by atoms with van der Waals surface area (Å²) in [5.41, 5.74) is 1.34. The van der Waals surface area contributed by atoms with Crippen LogP contribution in [0.25, 0.3) is 0 Å². The van der Waals surface area contributed by atoms with E-state index in [1.165, 1.54) is 6.07 Å². The van der Waals surface area contributed by atoms with E-state index in [9.17, 15) is 9.18 Å². The van der Waals surface area contributed by atoms with Gasteiger partial charge in [0.05, 0.1) is 24.4 Å². The Morgan fingerprint density at radius 3 is 3.00 bits per heavy atom. The van der Waals surface area contributed by atoms with E-state index in [2.05, 4.69) is 20.9 Å². The van der Waals surface area contributed by atoms with Gasteiger partial charge in [-0.2, -0.15) is 0 Å². The summed E-state index contributed by atoms with van der Waals surface area (Å²) >= 11 is 3.24. The number of carbonyl (C=O) groups is 1. The first kappa shape index (κ1) is 17.2. The third kappa shape index (κ3) is 4.18. The van der Waals surface area contributed by atoms with Crippen molar-refractivity contribution in [1.82, 2.24) is 4.98 Å². The topological polar surface area (TPSA) is 42.4 Å². The second-order valence-electron chi connectivity index (χ2n) is 5.54. The second kappa shape index (κ2) is 7.90. The summed E-state index contributed by atoms with van der Waals surface area (Å²) in [4.78, 5) is 18.1. The highest BCUT2D eigenvalue weighted by atomic mass is 79.9. The molecule has 122 valence electrons. The highest BCUT2D eigenvalue weighted by molar-refractivity contribution is 9.10. The number of rotatable bonds is 5. The lowest BCUT2D eigenvalue weighted by Crippen LogP contribution is -2.37. The van der Waals surface area contributed by atoms with Crippen LogP contribution in [0, 0.1) is 11.7 Å². The van der Waals surface area contributed by atoms with Crippen molar-refractivity contribution in [3.8, 4) is 0 Å². The molecule has 22 heavy (non-hydrogen) atoms. The molecule has 1 aromatic heterocycles. The average molecular weight is 373 g/mol. The van der Waals surface area contributed by atoms with Gasteiger partial charge in [0.1, 0.15) is 4.60 Å². The molecule has 1 aliphatic heterocycles. The maximum atomic E-state index is 14.4. The van der Waals surface area contributed by atoms with Crippen LogP contribution in [0.4, 0.5) is 10.1 Å². The van der Waals surface area contributed by atoms with Gasteiger partial charge >= 0.3 is 5.97 Å². The number of carbonyl (C=O) groups excluding carboxylic acids is 1. The molecule has 1 atom stereocenters. The lowest BCUT2D eigenvalue weighted by Gasteiger charge is -2.35. The number of esters is 1. The van der Waals surface area contributed by atoms with E-state index in [-0.39, 0.29) is 17.7 Å². The maximum Gasteiger partial charge on any atom is 0.306 e. The molecule has 0 N–H and O–H groups in total. The molecule has 4 nitrogen and oxygen atoms in total. The molecule has 2 heterocycles. The zero-order chi connectivity index (χ0) is 16.1. The van der Waals surface area contributed by atoms with Gasteiger partial charge < -0.3 is 9.64 Å². The van der Waals surface area contributed by atoms with Crippen molar-refractivity contribution < 1.29 is 13.9 Å². The van der Waals surface area contributed by atoms with E-state index in [1.807, 2.05) is 18.7 Å². The Balaban J connectivity index is 2.14. The van der Waals surface area contributed by atoms with Crippen molar-refractivity contribution in [2.45, 2.75) is 39.5 Å². The molecule has 1 unspecified atom stereocenters. The minimum absolute atomic E-state index is 0.167. The molecule has 1 aliphatic rings. The van der Waals surface area contributed by atoms with E-state index in [0.717, 1.165) is 25.1 Å². The molecular weight excluding hydrogens is 351 g/mol. The summed E-state index contributed by atoms with van der Waals surface area (Å²) in [5, 5.41) is 0. The summed E-state index contributed by atoms with van der Waals surface area (Å²) in [6.07, 6.45) is 2.99. The first-order valence-corrected chi connectivity index (χ1v) is 8.59. The number of aromatic nitrogens is 1. The van der Waals surface area contributed by atoms with E-state index in [1.54, 1.807) is 0 Å². The monoisotopic (exact) mass is 372 g/mol. The van der Waals surface area contributed by atoms with Gasteiger partial charge in [-0.05, 0) is 48.0 Å². The van der Waals surface area contributed by atoms with Gasteiger partial charge in [-0.15, -0.1) is 0 Å². The van der Waals surface area contributed by atoms with Crippen molar-refractivity contribution in [3.63, 3.8) is 0 Å². The fourth-order valence-electron chi connectivity index (χ4n) is 3.00. The predicted molar refractivity (Wildman–Crippen MR) is 87.5 cm³/mol. The maximum absolute atomic E-state index is 14.4. The summed E-state index contributed by atoms with van der Waals surface area (Å²) in [6.45, 7) is 5.65. The number of aryl methyl sites for hydroxylation is 1. The van der Waals surface area contributed by atoms with Crippen LogP contribution in [0.5, 0.6) is 0 Å². The Labute approximate surface area is 139 Å². The minimum atomic E-state index is -0.254. The van der Waals surface area contributed by atoms with Gasteiger partial charge in [0.25, 0.3) is 0 Å². The van der Waals surface area contributed by atoms with Crippen molar-refractivity contribution in [3.05, 3.63) is 22.2 Å². The number of anilines is 1. The fourth-order valence-corrected chi connectivity index (χ4v) is 3.41. The normalized spacial score (nSPS) is 18.4. The second-order valence-corrected chi connectivity index (χ2v) is 6.35. The average Bonchev–Trinajstić information content (AvgIpc) is 2.46. The number of piperidine rings is 1. The molecule has 0 saturated carbocycles. The molecule has 1 aromatic rings. The van der Waals surface area contributed by atoms with Gasteiger partial charge in [-0.1, -0.05) is 6.92 Å². The van der Waals surface area contributed by atoms with Crippen LogP contribution < -0.4 is 4.90 Å². The number of hydrogen-bond acceptors (Lipinski definition) is 4. The van der Waals surface area contributed by atoms with Crippen molar-refractivity contribution in [2.24, 2.45) is 5.92 Å². The standard InChI is InChI=1S/C16H22BrFN2O2/c1-3-13-16(12(18)9-14(17)19-13)20-7-5-6-11(10-20)8-15(21)22-4-2/h9,11H,3-8,10H2,1-2H3. The third-order valence-corrected chi connectivity index (χ3v) is 4.32. The number of hydrogen-bond donors (Lipinski definition) is 0. The Morgan fingerprint density at radius 1 is 1.55 bits per heavy atom. The molecular formula is C16H22BrFN2O2. The zero-order valence-electron chi connectivity index (χ0n) is 13.1. The van der Waals surface area contributed by atoms with Crippen LogP contribution in [0.15, 0.2) is 10.7 Å². The third-order valence-electron chi connectivity index (χ3n) is 3.92. The fraction of sp³-hybridized carbons (Fsp3) is 0.625. The van der Waals surface area contributed by atoms with Crippen molar-refractivity contribution in [2.75, 3.05) is 24.6 Å². The Kier molecular flexibility index (Phi) is 6.17. The van der Waals surface area contributed by atoms with E-state index in [0.29, 0.717) is 36.3 Å². The molecule has 0 bridgehead atoms. The van der Waals surface area contributed by atoms with Crippen molar-refractivity contribution >= 4 is 27.6 Å². The van der Waals surface area contributed by atoms with Crippen LogP contribution in [-0.2, 0) is 16.0 Å². The lowest BCUT2D eigenvalue weighted by atomic mass is 9.94. The summed E-state index contributed by atoms with van der Waals surface area (Å²) < 4.78 is 19.9. The zero-order valence-corrected chi connectivity index (χ0v) is 14.7. The summed E-state index contributed by atoms with van der Waals surface area (Å²) in [7, 11) is 0. The van der Waals surface area contributed by atoms with Gasteiger partial charge in [-0.25, -0.2) is 9.37 Å². The van der Waals surface area contributed by atoms with Gasteiger partial charge in [0.2, 0.25) is 0 Å². The molecule has 6 heteroatoms. The van der Waals surface area contributed by atoms with E-state index >= 15 is 0 Å². The quantitative estimate of drug-likeness (QED) is 0.583. The molecule has 0 amide bonds. The molecule has 1 saturated heterocycles. The Bertz CT molecular complexity index is 539. The van der Waals surface area contributed by atoms with Crippen LogP contribution in [0.2, 0.25) is 0 Å². The minimum Gasteiger partial charge on any atom is -0.466 e. The molecule has 2 rings (SSSR count). The van der Waals surface area contributed by atoms with Crippen molar-refractivity contribution in [1.29, 1.82) is 0 Å². The predicted octanol–water partition coefficient (Wildman–Crippen LogP) is 3.72. The molecule has 0 radical (unpaired) electrons. The largest absolute Gasteiger partial charge is 0.466 e. The molecule has 1 fully saturated rings. The number of pyridine rings is 1. The SMILES string of the molecule is CCOC(=O)CC1CCCN(c2c(F)cc(Br)nc2CC)C1. The van der Waals surface area contributed by atoms with E-state index < -0.39 is 0 Å². The van der Waals surface area contributed by atoms with Crippen LogP contribution in [0.1, 0.15) is 38.8 Å². The molecule has 0 spiro atoms. The Morgan fingerprint density at radius 2 is 2.32 bits per heavy atom. The van der Waals surface area contributed by atoms with Crippen LogP contribution in [0.3, 0.4) is 0 Å². The first-order valence-electron chi connectivity index (χ1n) is 7.80. The lowest BCUT2D eigenvalue weighted by molar-refractivity contribution is -0.144. The van der Waals surface area contributed by atoms with E-state index in [4.69, 9.17) is 4.74 Å². The smallest absolute Gasteiger partial charge is 0.306 e. The number of nitrogens with zero attached hydrogens (tertiary/aromatic N) is 2. The Hall–Kier alpha value is -1.17. The van der Waals surface area contributed by atoms with Crippen LogP contribution in [-0.4, -0.2) is 30.6 Å². The highest BCUT2D eigenvalue weighted by Crippen LogP contribution is 2.31. The summed E-state index contributed by atoms with van der Waals surface area (Å²) in [5.74, 6) is -0.212. The number of ether oxygens (including phenoxy) is 1. The van der Waals surface area contributed by atoms with Crippen LogP contribution >= 0.6 is 15.9 Å².